The van der Waals surface area contributed by atoms with E-state index in [-0.39, 0.29) is 28.7 Å². The van der Waals surface area contributed by atoms with E-state index in [4.69, 9.17) is 0 Å². The van der Waals surface area contributed by atoms with Gasteiger partial charge in [0.15, 0.2) is 0 Å². The molecule has 1 spiro atoms. The Morgan fingerprint density at radius 2 is 1.68 bits per heavy atom. The van der Waals surface area contributed by atoms with Crippen LogP contribution in [0.2, 0.25) is 0 Å². The largest absolute Gasteiger partial charge is 0.388 e. The van der Waals surface area contributed by atoms with E-state index >= 15 is 0 Å². The van der Waals surface area contributed by atoms with E-state index in [0.717, 1.165) is 64.3 Å². The van der Waals surface area contributed by atoms with E-state index in [9.17, 15) is 14.7 Å². The maximum absolute atomic E-state index is 14.4. The second-order valence-corrected chi connectivity index (χ2v) is 14.8. The first-order valence-electron chi connectivity index (χ1n) is 16.9. The number of hydrogen-bond acceptors (Lipinski definition) is 3. The molecular weight excluding hydrogens is 508 g/mol. The summed E-state index contributed by atoms with van der Waals surface area (Å²) < 4.78 is 0. The van der Waals surface area contributed by atoms with Gasteiger partial charge in [-0.25, -0.2) is 0 Å². The van der Waals surface area contributed by atoms with Crippen LogP contribution in [-0.2, 0) is 15.0 Å². The Morgan fingerprint density at radius 1 is 1.00 bits per heavy atom. The van der Waals surface area contributed by atoms with E-state index in [2.05, 4.69) is 56.0 Å². The summed E-state index contributed by atoms with van der Waals surface area (Å²) >= 11 is 0. The minimum atomic E-state index is -0.704. The fourth-order valence-electron chi connectivity index (χ4n) is 8.93. The summed E-state index contributed by atoms with van der Waals surface area (Å²) in [5.74, 6) is 1.58. The van der Waals surface area contributed by atoms with E-state index < -0.39 is 5.60 Å². The number of carbonyl (C=O) groups is 2. The van der Waals surface area contributed by atoms with Gasteiger partial charge in [-0.3, -0.25) is 9.59 Å². The van der Waals surface area contributed by atoms with Crippen LogP contribution in [0, 0.1) is 23.7 Å². The number of hydrogen-bond donors (Lipinski definition) is 1. The van der Waals surface area contributed by atoms with Crippen LogP contribution in [0.3, 0.4) is 0 Å². The fraction of sp³-hybridized carbons (Fsp3) is 0.778. The van der Waals surface area contributed by atoms with Crippen LogP contribution in [0.5, 0.6) is 0 Å². The van der Waals surface area contributed by atoms with Gasteiger partial charge >= 0.3 is 0 Å². The summed E-state index contributed by atoms with van der Waals surface area (Å²) in [6, 6.07) is 11.2. The minimum Gasteiger partial charge on any atom is -0.388 e. The lowest BCUT2D eigenvalue weighted by molar-refractivity contribution is -0.157. The summed E-state index contributed by atoms with van der Waals surface area (Å²) in [6.45, 7) is 8.19. The van der Waals surface area contributed by atoms with Gasteiger partial charge in [-0.15, -0.1) is 0 Å². The molecule has 5 heteroatoms. The van der Waals surface area contributed by atoms with Crippen molar-refractivity contribution in [2.24, 2.45) is 23.7 Å². The van der Waals surface area contributed by atoms with Crippen LogP contribution in [0.15, 0.2) is 30.3 Å². The molecule has 0 aromatic heterocycles. The third kappa shape index (κ3) is 6.12. The average molecular weight is 565 g/mol. The van der Waals surface area contributed by atoms with Gasteiger partial charge in [0.05, 0.1) is 5.60 Å². The number of piperidine rings is 1. The first-order valence-corrected chi connectivity index (χ1v) is 16.9. The molecule has 2 amide bonds. The molecule has 1 N–H and O–H groups in total. The van der Waals surface area contributed by atoms with Crippen LogP contribution in [0.4, 0.5) is 0 Å². The summed E-state index contributed by atoms with van der Waals surface area (Å²) in [5.41, 5.74) is 0.954. The normalized spacial score (nSPS) is 31.3. The highest BCUT2D eigenvalue weighted by Crippen LogP contribution is 2.54. The van der Waals surface area contributed by atoms with Crippen molar-refractivity contribution in [3.8, 4) is 0 Å². The van der Waals surface area contributed by atoms with Gasteiger partial charge in [0.25, 0.3) is 0 Å². The average Bonchev–Trinajstić information content (AvgIpc) is 2.92. The quantitative estimate of drug-likeness (QED) is 0.312. The van der Waals surface area contributed by atoms with Crippen molar-refractivity contribution < 1.29 is 14.7 Å². The number of likely N-dealkylation sites (tertiary alicyclic amines) is 1. The molecule has 1 heterocycles. The maximum Gasteiger partial charge on any atom is 0.226 e. The van der Waals surface area contributed by atoms with Gasteiger partial charge in [0.1, 0.15) is 0 Å². The Kier molecular flexibility index (Phi) is 9.24. The molecule has 1 aromatic rings. The highest BCUT2D eigenvalue weighted by Gasteiger charge is 2.53. The van der Waals surface area contributed by atoms with Crippen molar-refractivity contribution in [1.82, 2.24) is 9.80 Å². The molecule has 3 saturated carbocycles. The van der Waals surface area contributed by atoms with E-state index in [1.807, 2.05) is 7.05 Å². The predicted molar refractivity (Wildman–Crippen MR) is 165 cm³/mol. The van der Waals surface area contributed by atoms with Crippen LogP contribution in [0.1, 0.15) is 123 Å². The molecule has 1 aromatic carbocycles. The Labute approximate surface area is 249 Å². The summed E-state index contributed by atoms with van der Waals surface area (Å²) in [7, 11) is 1.81. The molecular formula is C36H56N2O3. The summed E-state index contributed by atoms with van der Waals surface area (Å²) in [4.78, 5) is 31.6. The van der Waals surface area contributed by atoms with Crippen LogP contribution >= 0.6 is 0 Å². The first-order chi connectivity index (χ1) is 19.6. The van der Waals surface area contributed by atoms with Gasteiger partial charge in [0, 0.05) is 38.0 Å². The third-order valence-corrected chi connectivity index (χ3v) is 12.3. The van der Waals surface area contributed by atoms with Crippen LogP contribution in [0.25, 0.3) is 0 Å². The zero-order valence-electron chi connectivity index (χ0n) is 26.4. The molecule has 1 saturated heterocycles. The Balaban J connectivity index is 1.30. The molecule has 5 nitrogen and oxygen atoms in total. The van der Waals surface area contributed by atoms with E-state index in [1.165, 1.54) is 37.7 Å². The lowest BCUT2D eigenvalue weighted by Crippen LogP contribution is -2.62. The topological polar surface area (TPSA) is 60.9 Å². The molecule has 228 valence electrons. The summed E-state index contributed by atoms with van der Waals surface area (Å²) in [5, 5.41) is 10.6. The number of amides is 2. The molecule has 5 rings (SSSR count). The van der Waals surface area contributed by atoms with Gasteiger partial charge in [-0.1, -0.05) is 70.4 Å². The van der Waals surface area contributed by atoms with Crippen molar-refractivity contribution in [2.45, 2.75) is 134 Å². The van der Waals surface area contributed by atoms with Crippen molar-refractivity contribution in [1.29, 1.82) is 0 Å². The molecule has 41 heavy (non-hydrogen) atoms. The number of aliphatic hydroxyl groups is 1. The smallest absolute Gasteiger partial charge is 0.226 e. The molecule has 3 atom stereocenters. The maximum atomic E-state index is 14.4. The van der Waals surface area contributed by atoms with Gasteiger partial charge in [-0.05, 0) is 99.4 Å². The Hall–Kier alpha value is -1.88. The van der Waals surface area contributed by atoms with Crippen molar-refractivity contribution in [3.05, 3.63) is 35.9 Å². The van der Waals surface area contributed by atoms with Crippen LogP contribution < -0.4 is 0 Å². The molecule has 0 radical (unpaired) electrons. The standard InChI is InChI=1S/C36H56N2O3/c1-5-11-28(3)36(30-14-7-6-8-15-30)22-20-34(21-23-36)19-16-31(33(40)38(34)25-29-12-9-13-29)27(2)24-32(39)37(4)26-35(41)17-10-18-35/h6-8,14-15,27-29,31,41H,5,9-13,16-26H2,1-4H3/t27?,28?,31?,34-,36-. The van der Waals surface area contributed by atoms with Gasteiger partial charge in [0.2, 0.25) is 11.8 Å². The zero-order valence-corrected chi connectivity index (χ0v) is 26.4. The highest BCUT2D eigenvalue weighted by molar-refractivity contribution is 5.83. The lowest BCUT2D eigenvalue weighted by atomic mass is 9.56. The van der Waals surface area contributed by atoms with Gasteiger partial charge in [-0.2, -0.15) is 0 Å². The van der Waals surface area contributed by atoms with Gasteiger partial charge < -0.3 is 14.9 Å². The van der Waals surface area contributed by atoms with Crippen molar-refractivity contribution >= 4 is 11.8 Å². The van der Waals surface area contributed by atoms with Crippen molar-refractivity contribution in [3.63, 3.8) is 0 Å². The second-order valence-electron chi connectivity index (χ2n) is 14.8. The molecule has 4 fully saturated rings. The Bertz CT molecular complexity index is 1040. The monoisotopic (exact) mass is 564 g/mol. The lowest BCUT2D eigenvalue weighted by Gasteiger charge is -2.58. The molecule has 0 bridgehead atoms. The number of carbonyl (C=O) groups excluding carboxylic acids is 2. The predicted octanol–water partition coefficient (Wildman–Crippen LogP) is 7.11. The highest BCUT2D eigenvalue weighted by atomic mass is 16.3. The second kappa shape index (κ2) is 12.4. The first kappa shape index (κ1) is 30.6. The Morgan fingerprint density at radius 3 is 2.24 bits per heavy atom. The third-order valence-electron chi connectivity index (χ3n) is 12.3. The van der Waals surface area contributed by atoms with Crippen molar-refractivity contribution in [2.75, 3.05) is 20.1 Å². The zero-order chi connectivity index (χ0) is 29.3. The van der Waals surface area contributed by atoms with Crippen LogP contribution in [-0.4, -0.2) is 58.0 Å². The SMILES string of the molecule is CCCC(C)[C@]1(c2ccccc2)CC[C@@]2(CCC(C(C)CC(=O)N(C)CC3(O)CCC3)C(=O)N2CC2CCC2)CC1. The molecule has 3 aliphatic carbocycles. The fourth-order valence-corrected chi connectivity index (χ4v) is 8.93. The number of benzene rings is 1. The molecule has 1 aliphatic heterocycles. The molecule has 4 aliphatic rings. The summed E-state index contributed by atoms with van der Waals surface area (Å²) in [6.07, 6.45) is 15.7. The van der Waals surface area contributed by atoms with E-state index in [0.29, 0.717) is 30.7 Å². The van der Waals surface area contributed by atoms with E-state index in [1.54, 1.807) is 4.90 Å². The number of likely N-dealkylation sites (N-methyl/N-ethyl adjacent to an activating group) is 1. The molecule has 3 unspecified atom stereocenters. The number of nitrogens with zero attached hydrogens (tertiary/aromatic N) is 2. The number of rotatable bonds is 11. The minimum absolute atomic E-state index is 0.0197.